The zero-order chi connectivity index (χ0) is 9.97. The fourth-order valence-electron chi connectivity index (χ4n) is 1.19. The second kappa shape index (κ2) is 3.92. The zero-order valence-corrected chi connectivity index (χ0v) is 8.11. The number of rotatable bonds is 2. The second-order valence-corrected chi connectivity index (χ2v) is 3.67. The van der Waals surface area contributed by atoms with Crippen LogP contribution in [0.2, 0.25) is 0 Å². The van der Waals surface area contributed by atoms with Gasteiger partial charge >= 0.3 is 7.12 Å². The molecule has 2 aromatic rings. The van der Waals surface area contributed by atoms with Crippen molar-refractivity contribution in [2.45, 2.75) is 0 Å². The van der Waals surface area contributed by atoms with Crippen LogP contribution in [0.1, 0.15) is 0 Å². The molecule has 0 saturated carbocycles. The molecule has 0 aromatic carbocycles. The molecule has 5 heteroatoms. The number of aromatic nitrogens is 1. The molecule has 0 aliphatic rings. The monoisotopic (exact) mass is 205 g/mol. The first-order valence-corrected chi connectivity index (χ1v) is 5.05. The minimum Gasteiger partial charge on any atom is -0.423 e. The maximum atomic E-state index is 8.96. The third kappa shape index (κ3) is 1.84. The SMILES string of the molecule is OB(O)c1cncc(-c2ccsc2)c1. The van der Waals surface area contributed by atoms with E-state index < -0.39 is 7.12 Å². The van der Waals surface area contributed by atoms with E-state index in [-0.39, 0.29) is 0 Å². The van der Waals surface area contributed by atoms with E-state index in [1.54, 1.807) is 23.6 Å². The Balaban J connectivity index is 2.41. The first-order chi connectivity index (χ1) is 6.77. The largest absolute Gasteiger partial charge is 0.490 e. The smallest absolute Gasteiger partial charge is 0.423 e. The number of hydrogen-bond acceptors (Lipinski definition) is 4. The lowest BCUT2D eigenvalue weighted by atomic mass is 9.81. The highest BCUT2D eigenvalue weighted by molar-refractivity contribution is 7.08. The third-order valence-electron chi connectivity index (χ3n) is 1.91. The summed E-state index contributed by atoms with van der Waals surface area (Å²) in [6.45, 7) is 0. The van der Waals surface area contributed by atoms with Gasteiger partial charge in [0.2, 0.25) is 0 Å². The van der Waals surface area contributed by atoms with Crippen molar-refractivity contribution in [3.8, 4) is 11.1 Å². The standard InChI is InChI=1S/C9H8BNO2S/c12-10(13)9-3-8(4-11-5-9)7-1-2-14-6-7/h1-6,12-13H. The number of hydrogen-bond donors (Lipinski definition) is 2. The average molecular weight is 205 g/mol. The van der Waals surface area contributed by atoms with Gasteiger partial charge in [-0.05, 0) is 22.4 Å². The maximum Gasteiger partial charge on any atom is 0.490 e. The molecule has 14 heavy (non-hydrogen) atoms. The van der Waals surface area contributed by atoms with Crippen LogP contribution in [0.5, 0.6) is 0 Å². The van der Waals surface area contributed by atoms with Crippen molar-refractivity contribution in [2.75, 3.05) is 0 Å². The van der Waals surface area contributed by atoms with Gasteiger partial charge in [0.05, 0.1) is 0 Å². The maximum absolute atomic E-state index is 8.96. The van der Waals surface area contributed by atoms with E-state index in [4.69, 9.17) is 10.0 Å². The molecule has 3 nitrogen and oxygen atoms in total. The van der Waals surface area contributed by atoms with Crippen molar-refractivity contribution in [1.82, 2.24) is 4.98 Å². The van der Waals surface area contributed by atoms with Crippen LogP contribution in [-0.2, 0) is 0 Å². The van der Waals surface area contributed by atoms with Gasteiger partial charge in [-0.1, -0.05) is 6.07 Å². The lowest BCUT2D eigenvalue weighted by Gasteiger charge is -2.01. The molecule has 2 N–H and O–H groups in total. The lowest BCUT2D eigenvalue weighted by Crippen LogP contribution is -2.30. The molecule has 2 heterocycles. The third-order valence-corrected chi connectivity index (χ3v) is 2.60. The zero-order valence-electron chi connectivity index (χ0n) is 7.29. The number of nitrogens with zero attached hydrogens (tertiary/aromatic N) is 1. The van der Waals surface area contributed by atoms with E-state index in [1.807, 2.05) is 16.8 Å². The highest BCUT2D eigenvalue weighted by Gasteiger charge is 2.11. The molecule has 0 aliphatic heterocycles. The van der Waals surface area contributed by atoms with Crippen LogP contribution in [0.25, 0.3) is 11.1 Å². The van der Waals surface area contributed by atoms with Crippen molar-refractivity contribution in [3.63, 3.8) is 0 Å². The summed E-state index contributed by atoms with van der Waals surface area (Å²) in [5.74, 6) is 0. The molecular weight excluding hydrogens is 197 g/mol. The van der Waals surface area contributed by atoms with Crippen molar-refractivity contribution in [3.05, 3.63) is 35.3 Å². The topological polar surface area (TPSA) is 53.4 Å². The van der Waals surface area contributed by atoms with Crippen LogP contribution in [0.15, 0.2) is 35.3 Å². The average Bonchev–Trinajstić information content (AvgIpc) is 2.71. The summed E-state index contributed by atoms with van der Waals surface area (Å²) in [7, 11) is -1.46. The molecule has 0 unspecified atom stereocenters. The number of thiophene rings is 1. The van der Waals surface area contributed by atoms with E-state index in [2.05, 4.69) is 4.98 Å². The normalized spacial score (nSPS) is 10.1. The van der Waals surface area contributed by atoms with Gasteiger partial charge < -0.3 is 10.0 Å². The van der Waals surface area contributed by atoms with E-state index in [0.717, 1.165) is 11.1 Å². The summed E-state index contributed by atoms with van der Waals surface area (Å²) in [6, 6.07) is 3.69. The molecule has 70 valence electrons. The van der Waals surface area contributed by atoms with Crippen LogP contribution in [0, 0.1) is 0 Å². The van der Waals surface area contributed by atoms with Gasteiger partial charge in [-0.25, -0.2) is 0 Å². The van der Waals surface area contributed by atoms with E-state index in [1.165, 1.54) is 6.20 Å². The van der Waals surface area contributed by atoms with Crippen LogP contribution in [-0.4, -0.2) is 22.2 Å². The van der Waals surface area contributed by atoms with Crippen LogP contribution in [0.4, 0.5) is 0 Å². The summed E-state index contributed by atoms with van der Waals surface area (Å²) in [5, 5.41) is 21.9. The molecule has 0 saturated heterocycles. The molecule has 2 rings (SSSR count). The summed E-state index contributed by atoms with van der Waals surface area (Å²) in [4.78, 5) is 3.95. The van der Waals surface area contributed by atoms with Gasteiger partial charge in [0.15, 0.2) is 0 Å². The molecule has 0 amide bonds. The van der Waals surface area contributed by atoms with Gasteiger partial charge in [0.25, 0.3) is 0 Å². The highest BCUT2D eigenvalue weighted by Crippen LogP contribution is 2.19. The quantitative estimate of drug-likeness (QED) is 0.701. The number of pyridine rings is 1. The van der Waals surface area contributed by atoms with Gasteiger partial charge in [-0.2, -0.15) is 11.3 Å². The highest BCUT2D eigenvalue weighted by atomic mass is 32.1. The van der Waals surface area contributed by atoms with Gasteiger partial charge in [0.1, 0.15) is 0 Å². The Hall–Kier alpha value is -1.17. The Labute approximate surface area is 85.8 Å². The van der Waals surface area contributed by atoms with Crippen molar-refractivity contribution in [1.29, 1.82) is 0 Å². The van der Waals surface area contributed by atoms with Crippen molar-refractivity contribution in [2.24, 2.45) is 0 Å². The minimum atomic E-state index is -1.46. The molecule has 2 aromatic heterocycles. The van der Waals surface area contributed by atoms with Gasteiger partial charge in [-0.15, -0.1) is 0 Å². The summed E-state index contributed by atoms with van der Waals surface area (Å²) >= 11 is 1.60. The Bertz CT molecular complexity index is 417. The van der Waals surface area contributed by atoms with Crippen LogP contribution < -0.4 is 5.46 Å². The molecule has 0 bridgehead atoms. The van der Waals surface area contributed by atoms with E-state index in [0.29, 0.717) is 5.46 Å². The van der Waals surface area contributed by atoms with Crippen LogP contribution >= 0.6 is 11.3 Å². The van der Waals surface area contributed by atoms with Gasteiger partial charge in [0, 0.05) is 23.4 Å². The summed E-state index contributed by atoms with van der Waals surface area (Å²) in [6.07, 6.45) is 3.15. The van der Waals surface area contributed by atoms with E-state index >= 15 is 0 Å². The fourth-order valence-corrected chi connectivity index (χ4v) is 1.85. The summed E-state index contributed by atoms with van der Waals surface area (Å²) < 4.78 is 0. The van der Waals surface area contributed by atoms with Crippen LogP contribution in [0.3, 0.4) is 0 Å². The lowest BCUT2D eigenvalue weighted by molar-refractivity contribution is 0.425. The first-order valence-electron chi connectivity index (χ1n) is 4.11. The Morgan fingerprint density at radius 2 is 2.07 bits per heavy atom. The molecular formula is C9H8BNO2S. The molecule has 0 aliphatic carbocycles. The Kier molecular flexibility index (Phi) is 2.63. The van der Waals surface area contributed by atoms with Gasteiger partial charge in [-0.3, -0.25) is 4.98 Å². The van der Waals surface area contributed by atoms with Crippen molar-refractivity contribution < 1.29 is 10.0 Å². The molecule has 0 spiro atoms. The Morgan fingerprint density at radius 1 is 1.21 bits per heavy atom. The summed E-state index contributed by atoms with van der Waals surface area (Å²) in [5.41, 5.74) is 2.36. The van der Waals surface area contributed by atoms with Crippen molar-refractivity contribution >= 4 is 23.9 Å². The fraction of sp³-hybridized carbons (Fsp3) is 0. The predicted octanol–water partition coefficient (Wildman–Crippen LogP) is 0.490. The second-order valence-electron chi connectivity index (χ2n) is 2.89. The first kappa shape index (κ1) is 9.39. The molecule has 0 radical (unpaired) electrons. The van der Waals surface area contributed by atoms with E-state index in [9.17, 15) is 0 Å². The Morgan fingerprint density at radius 3 is 2.71 bits per heavy atom. The minimum absolute atomic E-state index is 0.411. The molecule has 0 atom stereocenters. The molecule has 0 fully saturated rings. The predicted molar refractivity (Wildman–Crippen MR) is 57.4 cm³/mol.